The molecular formula is C11H12IN. The summed E-state index contributed by atoms with van der Waals surface area (Å²) < 4.78 is 1.55. The Morgan fingerprint density at radius 2 is 1.38 bits per heavy atom. The van der Waals surface area contributed by atoms with Crippen molar-refractivity contribution in [1.82, 2.24) is 4.98 Å². The van der Waals surface area contributed by atoms with Crippen LogP contribution in [0.5, 0.6) is 0 Å². The number of pyridine rings is 1. The van der Waals surface area contributed by atoms with Crippen molar-refractivity contribution in [3.63, 3.8) is 0 Å². The minimum absolute atomic E-state index is 1.22. The van der Waals surface area contributed by atoms with E-state index in [2.05, 4.69) is 22.6 Å². The van der Waals surface area contributed by atoms with E-state index in [1.54, 1.807) is 14.7 Å². The molecule has 2 aliphatic rings. The smallest absolute Gasteiger partial charge is 0.0449 e. The Hall–Kier alpha value is -0.120. The minimum atomic E-state index is 1.22. The van der Waals surface area contributed by atoms with Crippen LogP contribution in [-0.4, -0.2) is 4.98 Å². The highest BCUT2D eigenvalue weighted by Crippen LogP contribution is 2.33. The molecule has 0 amide bonds. The van der Waals surface area contributed by atoms with Gasteiger partial charge < -0.3 is 0 Å². The molecule has 1 heterocycles. The van der Waals surface area contributed by atoms with Crippen LogP contribution in [0.25, 0.3) is 0 Å². The predicted molar refractivity (Wildman–Crippen MR) is 61.0 cm³/mol. The van der Waals surface area contributed by atoms with Gasteiger partial charge in [0.1, 0.15) is 0 Å². The average Bonchev–Trinajstić information content (AvgIpc) is 2.71. The first-order valence-electron chi connectivity index (χ1n) is 5.05. The van der Waals surface area contributed by atoms with Gasteiger partial charge in [-0.1, -0.05) is 0 Å². The van der Waals surface area contributed by atoms with Gasteiger partial charge in [-0.3, -0.25) is 4.98 Å². The summed E-state index contributed by atoms with van der Waals surface area (Å²) in [5.41, 5.74) is 5.96. The lowest BCUT2D eigenvalue weighted by atomic mass is 10.1. The normalized spacial score (nSPS) is 18.8. The molecule has 13 heavy (non-hydrogen) atoms. The molecule has 1 aromatic rings. The third-order valence-corrected chi connectivity index (χ3v) is 4.48. The summed E-state index contributed by atoms with van der Waals surface area (Å²) in [4.78, 5) is 4.79. The molecule has 0 aromatic carbocycles. The largest absolute Gasteiger partial charge is 0.257 e. The summed E-state index contributed by atoms with van der Waals surface area (Å²) in [6.45, 7) is 0. The zero-order chi connectivity index (χ0) is 8.84. The lowest BCUT2D eigenvalue weighted by Crippen LogP contribution is -2.00. The van der Waals surface area contributed by atoms with Gasteiger partial charge in [0.2, 0.25) is 0 Å². The number of halogens is 1. The molecule has 0 atom stereocenters. The van der Waals surface area contributed by atoms with Crippen LogP contribution in [-0.2, 0) is 25.7 Å². The number of nitrogens with zero attached hydrogens (tertiary/aromatic N) is 1. The van der Waals surface area contributed by atoms with E-state index >= 15 is 0 Å². The molecule has 2 aliphatic carbocycles. The Morgan fingerprint density at radius 3 is 1.92 bits per heavy atom. The molecule has 1 nitrogen and oxygen atoms in total. The maximum Gasteiger partial charge on any atom is 0.0449 e. The van der Waals surface area contributed by atoms with Crippen molar-refractivity contribution in [3.05, 3.63) is 26.1 Å². The van der Waals surface area contributed by atoms with Gasteiger partial charge in [0.05, 0.1) is 0 Å². The second-order valence-corrected chi connectivity index (χ2v) is 5.06. The van der Waals surface area contributed by atoms with Gasteiger partial charge in [0.25, 0.3) is 0 Å². The molecule has 0 aliphatic heterocycles. The van der Waals surface area contributed by atoms with Crippen LogP contribution in [0.3, 0.4) is 0 Å². The van der Waals surface area contributed by atoms with Gasteiger partial charge in [0, 0.05) is 15.0 Å². The monoisotopic (exact) mass is 285 g/mol. The van der Waals surface area contributed by atoms with Crippen molar-refractivity contribution >= 4 is 22.6 Å². The molecule has 68 valence electrons. The molecule has 1 aromatic heterocycles. The molecular weight excluding hydrogens is 273 g/mol. The molecule has 0 bridgehead atoms. The van der Waals surface area contributed by atoms with E-state index in [1.807, 2.05) is 0 Å². The van der Waals surface area contributed by atoms with Crippen LogP contribution in [0.4, 0.5) is 0 Å². The van der Waals surface area contributed by atoms with Crippen LogP contribution < -0.4 is 0 Å². The Labute approximate surface area is 92.1 Å². The van der Waals surface area contributed by atoms with Gasteiger partial charge >= 0.3 is 0 Å². The lowest BCUT2D eigenvalue weighted by Gasteiger charge is -2.07. The first-order valence-corrected chi connectivity index (χ1v) is 6.13. The van der Waals surface area contributed by atoms with Gasteiger partial charge in [-0.2, -0.15) is 0 Å². The highest BCUT2D eigenvalue weighted by Gasteiger charge is 2.23. The van der Waals surface area contributed by atoms with E-state index in [1.165, 1.54) is 49.9 Å². The summed E-state index contributed by atoms with van der Waals surface area (Å²) in [5, 5.41) is 0. The fraction of sp³-hybridized carbons (Fsp3) is 0.545. The first kappa shape index (κ1) is 8.21. The van der Waals surface area contributed by atoms with Crippen molar-refractivity contribution in [3.8, 4) is 0 Å². The van der Waals surface area contributed by atoms with E-state index in [0.29, 0.717) is 0 Å². The molecule has 0 saturated heterocycles. The highest BCUT2D eigenvalue weighted by molar-refractivity contribution is 14.1. The van der Waals surface area contributed by atoms with E-state index in [-0.39, 0.29) is 0 Å². The summed E-state index contributed by atoms with van der Waals surface area (Å²) in [6, 6.07) is 0. The fourth-order valence-corrected chi connectivity index (χ4v) is 3.68. The highest BCUT2D eigenvalue weighted by atomic mass is 127. The van der Waals surface area contributed by atoms with Crippen LogP contribution >= 0.6 is 22.6 Å². The Morgan fingerprint density at radius 1 is 0.846 bits per heavy atom. The summed E-state index contributed by atoms with van der Waals surface area (Å²) >= 11 is 2.53. The average molecular weight is 285 g/mol. The van der Waals surface area contributed by atoms with Gasteiger partial charge in [0.15, 0.2) is 0 Å². The Balaban J connectivity index is 2.26. The zero-order valence-corrected chi connectivity index (χ0v) is 9.73. The number of aromatic nitrogens is 1. The van der Waals surface area contributed by atoms with Gasteiger partial charge in [-0.15, -0.1) is 0 Å². The predicted octanol–water partition coefficient (Wildman–Crippen LogP) is 2.66. The summed E-state index contributed by atoms with van der Waals surface area (Å²) in [6.07, 6.45) is 7.63. The molecule has 0 saturated carbocycles. The van der Waals surface area contributed by atoms with E-state index < -0.39 is 0 Å². The van der Waals surface area contributed by atoms with Crippen LogP contribution in [0.1, 0.15) is 35.4 Å². The van der Waals surface area contributed by atoms with E-state index in [0.717, 1.165) is 0 Å². The summed E-state index contributed by atoms with van der Waals surface area (Å²) in [5.74, 6) is 0. The number of hydrogen-bond donors (Lipinski definition) is 0. The fourth-order valence-electron chi connectivity index (χ4n) is 2.52. The van der Waals surface area contributed by atoms with Crippen LogP contribution in [0.15, 0.2) is 0 Å². The number of fused-ring (bicyclic) bond motifs is 2. The van der Waals surface area contributed by atoms with Crippen molar-refractivity contribution < 1.29 is 0 Å². The summed E-state index contributed by atoms with van der Waals surface area (Å²) in [7, 11) is 0. The first-order chi connectivity index (χ1) is 6.36. The molecule has 0 unspecified atom stereocenters. The van der Waals surface area contributed by atoms with Crippen molar-refractivity contribution in [2.75, 3.05) is 0 Å². The van der Waals surface area contributed by atoms with Crippen LogP contribution in [0.2, 0.25) is 0 Å². The Bertz CT molecular complexity index is 339. The molecule has 2 heteroatoms. The third kappa shape index (κ3) is 1.14. The van der Waals surface area contributed by atoms with Crippen molar-refractivity contribution in [1.29, 1.82) is 0 Å². The quantitative estimate of drug-likeness (QED) is 0.668. The number of aryl methyl sites for hydroxylation is 2. The molecule has 0 fully saturated rings. The minimum Gasteiger partial charge on any atom is -0.257 e. The standard InChI is InChI=1S/C11H12IN/c12-11-7-3-1-5-9(7)13-10-6-2-4-8(10)11/h1-6H2. The molecule has 0 spiro atoms. The molecule has 0 N–H and O–H groups in total. The maximum absolute atomic E-state index is 4.79. The Kier molecular flexibility index (Phi) is 1.86. The van der Waals surface area contributed by atoms with E-state index in [9.17, 15) is 0 Å². The maximum atomic E-state index is 4.79. The number of hydrogen-bond acceptors (Lipinski definition) is 1. The van der Waals surface area contributed by atoms with Gasteiger partial charge in [-0.05, 0) is 72.2 Å². The van der Waals surface area contributed by atoms with Crippen LogP contribution in [0, 0.1) is 3.57 Å². The lowest BCUT2D eigenvalue weighted by molar-refractivity contribution is 0.872. The van der Waals surface area contributed by atoms with Gasteiger partial charge in [-0.25, -0.2) is 0 Å². The second kappa shape index (κ2) is 2.94. The van der Waals surface area contributed by atoms with Crippen molar-refractivity contribution in [2.24, 2.45) is 0 Å². The third-order valence-electron chi connectivity index (χ3n) is 3.18. The number of rotatable bonds is 0. The van der Waals surface area contributed by atoms with Crippen molar-refractivity contribution in [2.45, 2.75) is 38.5 Å². The molecule has 3 rings (SSSR count). The second-order valence-electron chi connectivity index (χ2n) is 3.98. The molecule has 0 radical (unpaired) electrons. The zero-order valence-electron chi connectivity index (χ0n) is 7.57. The SMILES string of the molecule is Ic1c2c(nc3c1CCC3)CCC2. The topological polar surface area (TPSA) is 12.9 Å². The van der Waals surface area contributed by atoms with E-state index in [4.69, 9.17) is 4.98 Å².